The molecule has 0 saturated heterocycles. The Morgan fingerprint density at radius 1 is 0.778 bits per heavy atom. The lowest BCUT2D eigenvalue weighted by Gasteiger charge is -2.10. The lowest BCUT2D eigenvalue weighted by molar-refractivity contribution is 0.305. The van der Waals surface area contributed by atoms with Crippen molar-refractivity contribution in [1.82, 2.24) is 0 Å². The Bertz CT molecular complexity index is 475. The second-order valence-corrected chi connectivity index (χ2v) is 4.17. The monoisotopic (exact) mass is 242 g/mol. The molecule has 0 saturated carbocycles. The third-order valence-corrected chi connectivity index (χ3v) is 2.75. The largest absolute Gasteiger partial charge is 0.489 e. The first-order valence-electron chi connectivity index (χ1n) is 6.01. The molecule has 2 aromatic carbocycles. The van der Waals surface area contributed by atoms with Crippen LogP contribution < -0.4 is 16.2 Å². The van der Waals surface area contributed by atoms with Crippen LogP contribution in [-0.2, 0) is 19.7 Å². The van der Waals surface area contributed by atoms with Crippen molar-refractivity contribution in [3.8, 4) is 5.75 Å². The van der Waals surface area contributed by atoms with Crippen molar-refractivity contribution in [3.05, 3.63) is 65.2 Å². The lowest BCUT2D eigenvalue weighted by atomic mass is 10.1. The van der Waals surface area contributed by atoms with Crippen LogP contribution in [-0.4, -0.2) is 0 Å². The molecule has 3 nitrogen and oxygen atoms in total. The zero-order chi connectivity index (χ0) is 12.8. The quantitative estimate of drug-likeness (QED) is 0.844. The maximum atomic E-state index is 5.77. The molecule has 0 unspecified atom stereocenters. The standard InChI is InChI=1S/C15H18N2O/c16-9-13-6-14(10-17)8-15(7-13)18-11-12-4-2-1-3-5-12/h1-8H,9-11,16-17H2. The topological polar surface area (TPSA) is 61.3 Å². The Labute approximate surface area is 107 Å². The van der Waals surface area contributed by atoms with Crippen LogP contribution in [0.25, 0.3) is 0 Å². The molecule has 0 amide bonds. The van der Waals surface area contributed by atoms with E-state index in [1.54, 1.807) is 0 Å². The van der Waals surface area contributed by atoms with E-state index in [4.69, 9.17) is 16.2 Å². The van der Waals surface area contributed by atoms with Crippen LogP contribution >= 0.6 is 0 Å². The number of ether oxygens (including phenoxy) is 1. The molecule has 2 aromatic rings. The summed E-state index contributed by atoms with van der Waals surface area (Å²) < 4.78 is 5.77. The van der Waals surface area contributed by atoms with E-state index < -0.39 is 0 Å². The Balaban J connectivity index is 2.09. The van der Waals surface area contributed by atoms with Gasteiger partial charge in [0.2, 0.25) is 0 Å². The summed E-state index contributed by atoms with van der Waals surface area (Å²) in [5.74, 6) is 0.822. The van der Waals surface area contributed by atoms with E-state index in [2.05, 4.69) is 0 Å². The third-order valence-electron chi connectivity index (χ3n) is 2.75. The molecule has 0 aliphatic carbocycles. The first-order chi connectivity index (χ1) is 8.81. The van der Waals surface area contributed by atoms with Crippen LogP contribution in [0.4, 0.5) is 0 Å². The number of benzene rings is 2. The Kier molecular flexibility index (Phi) is 4.34. The van der Waals surface area contributed by atoms with Gasteiger partial charge in [0.05, 0.1) is 0 Å². The van der Waals surface area contributed by atoms with Crippen molar-refractivity contribution in [1.29, 1.82) is 0 Å². The molecule has 0 spiro atoms. The van der Waals surface area contributed by atoms with Crippen LogP contribution in [0.1, 0.15) is 16.7 Å². The van der Waals surface area contributed by atoms with E-state index in [9.17, 15) is 0 Å². The SMILES string of the molecule is NCc1cc(CN)cc(OCc2ccccc2)c1. The fourth-order valence-electron chi connectivity index (χ4n) is 1.79. The first-order valence-corrected chi connectivity index (χ1v) is 6.01. The molecule has 2 rings (SSSR count). The molecule has 0 aromatic heterocycles. The lowest BCUT2D eigenvalue weighted by Crippen LogP contribution is -2.03. The van der Waals surface area contributed by atoms with E-state index >= 15 is 0 Å². The van der Waals surface area contributed by atoms with Gasteiger partial charge in [0, 0.05) is 13.1 Å². The minimum atomic E-state index is 0.496. The molecule has 0 aliphatic rings. The van der Waals surface area contributed by atoms with Crippen molar-refractivity contribution in [2.24, 2.45) is 11.5 Å². The van der Waals surface area contributed by atoms with Crippen LogP contribution in [0.3, 0.4) is 0 Å². The third kappa shape index (κ3) is 3.32. The molecule has 0 bridgehead atoms. The summed E-state index contributed by atoms with van der Waals surface area (Å²) in [7, 11) is 0. The normalized spacial score (nSPS) is 10.3. The Morgan fingerprint density at radius 2 is 1.39 bits per heavy atom. The minimum absolute atomic E-state index is 0.496. The maximum absolute atomic E-state index is 5.77. The fraction of sp³-hybridized carbons (Fsp3) is 0.200. The molecule has 0 radical (unpaired) electrons. The van der Waals surface area contributed by atoms with Gasteiger partial charge in [-0.1, -0.05) is 36.4 Å². The second kappa shape index (κ2) is 6.19. The summed E-state index contributed by atoms with van der Waals surface area (Å²) in [6.07, 6.45) is 0. The Morgan fingerprint density at radius 3 is 1.94 bits per heavy atom. The van der Waals surface area contributed by atoms with Crippen molar-refractivity contribution >= 4 is 0 Å². The van der Waals surface area contributed by atoms with Gasteiger partial charge in [-0.3, -0.25) is 0 Å². The van der Waals surface area contributed by atoms with Gasteiger partial charge in [-0.05, 0) is 28.8 Å². The molecule has 3 heteroatoms. The average Bonchev–Trinajstić information content (AvgIpc) is 2.45. The van der Waals surface area contributed by atoms with Gasteiger partial charge in [0.25, 0.3) is 0 Å². The van der Waals surface area contributed by atoms with Gasteiger partial charge in [-0.15, -0.1) is 0 Å². The number of nitrogens with two attached hydrogens (primary N) is 2. The van der Waals surface area contributed by atoms with Crippen molar-refractivity contribution in [3.63, 3.8) is 0 Å². The van der Waals surface area contributed by atoms with E-state index in [0.29, 0.717) is 19.7 Å². The minimum Gasteiger partial charge on any atom is -0.489 e. The van der Waals surface area contributed by atoms with Crippen LogP contribution in [0.2, 0.25) is 0 Å². The average molecular weight is 242 g/mol. The second-order valence-electron chi connectivity index (χ2n) is 4.17. The molecule has 0 fully saturated rings. The summed E-state index contributed by atoms with van der Waals surface area (Å²) in [5, 5.41) is 0. The molecule has 94 valence electrons. The summed E-state index contributed by atoms with van der Waals surface area (Å²) >= 11 is 0. The van der Waals surface area contributed by atoms with E-state index in [1.807, 2.05) is 48.5 Å². The highest BCUT2D eigenvalue weighted by molar-refractivity contribution is 5.34. The molecular weight excluding hydrogens is 224 g/mol. The fourth-order valence-corrected chi connectivity index (χ4v) is 1.79. The van der Waals surface area contributed by atoms with Gasteiger partial charge < -0.3 is 16.2 Å². The van der Waals surface area contributed by atoms with Crippen LogP contribution in [0.5, 0.6) is 5.75 Å². The summed E-state index contributed by atoms with van der Waals surface area (Å²) in [6.45, 7) is 1.55. The zero-order valence-electron chi connectivity index (χ0n) is 10.3. The van der Waals surface area contributed by atoms with Gasteiger partial charge in [0.15, 0.2) is 0 Å². The zero-order valence-corrected chi connectivity index (χ0v) is 10.3. The molecule has 0 aliphatic heterocycles. The maximum Gasteiger partial charge on any atom is 0.120 e. The molecule has 0 atom stereocenters. The molecule has 18 heavy (non-hydrogen) atoms. The van der Waals surface area contributed by atoms with Gasteiger partial charge in [0.1, 0.15) is 12.4 Å². The van der Waals surface area contributed by atoms with Gasteiger partial charge >= 0.3 is 0 Å². The van der Waals surface area contributed by atoms with Crippen molar-refractivity contribution in [2.75, 3.05) is 0 Å². The highest BCUT2D eigenvalue weighted by atomic mass is 16.5. The molecule has 4 N–H and O–H groups in total. The van der Waals surface area contributed by atoms with Crippen LogP contribution in [0, 0.1) is 0 Å². The van der Waals surface area contributed by atoms with Crippen molar-refractivity contribution in [2.45, 2.75) is 19.7 Å². The predicted octanol–water partition coefficient (Wildman–Crippen LogP) is 2.18. The van der Waals surface area contributed by atoms with E-state index in [0.717, 1.165) is 22.4 Å². The molecular formula is C15H18N2O. The predicted molar refractivity (Wildman–Crippen MR) is 73.0 cm³/mol. The summed E-state index contributed by atoms with van der Waals surface area (Å²) in [5.41, 5.74) is 14.5. The first kappa shape index (κ1) is 12.6. The number of hydrogen-bond donors (Lipinski definition) is 2. The highest BCUT2D eigenvalue weighted by Crippen LogP contribution is 2.18. The van der Waals surface area contributed by atoms with Gasteiger partial charge in [-0.2, -0.15) is 0 Å². The van der Waals surface area contributed by atoms with E-state index in [1.165, 1.54) is 0 Å². The number of rotatable bonds is 5. The smallest absolute Gasteiger partial charge is 0.120 e. The summed E-state index contributed by atoms with van der Waals surface area (Å²) in [4.78, 5) is 0. The highest BCUT2D eigenvalue weighted by Gasteiger charge is 2.01. The molecule has 0 heterocycles. The number of hydrogen-bond acceptors (Lipinski definition) is 3. The summed E-state index contributed by atoms with van der Waals surface area (Å²) in [6, 6.07) is 16.0. The van der Waals surface area contributed by atoms with E-state index in [-0.39, 0.29) is 0 Å². The van der Waals surface area contributed by atoms with Gasteiger partial charge in [-0.25, -0.2) is 0 Å². The Hall–Kier alpha value is -1.84. The van der Waals surface area contributed by atoms with Crippen molar-refractivity contribution < 1.29 is 4.74 Å². The van der Waals surface area contributed by atoms with Crippen LogP contribution in [0.15, 0.2) is 48.5 Å².